The molecule has 3 rings (SSSR count). The minimum atomic E-state index is -3.47. The van der Waals surface area contributed by atoms with Gasteiger partial charge in [-0.1, -0.05) is 54.1 Å². The highest BCUT2D eigenvalue weighted by Crippen LogP contribution is 2.23. The summed E-state index contributed by atoms with van der Waals surface area (Å²) in [5, 5.41) is 3.41. The summed E-state index contributed by atoms with van der Waals surface area (Å²) in [5.74, 6) is 0.208. The number of anilines is 1. The molecule has 6 nitrogen and oxygen atoms in total. The summed E-state index contributed by atoms with van der Waals surface area (Å²) in [5.41, 5.74) is 2.33. The lowest BCUT2D eigenvalue weighted by Gasteiger charge is -2.22. The molecule has 0 aliphatic heterocycles. The number of rotatable bonds is 9. The fourth-order valence-electron chi connectivity index (χ4n) is 2.86. The Morgan fingerprint density at radius 1 is 0.935 bits per heavy atom. The average molecular weight is 459 g/mol. The van der Waals surface area contributed by atoms with Crippen molar-refractivity contribution in [3.63, 3.8) is 0 Å². The molecule has 0 bridgehead atoms. The van der Waals surface area contributed by atoms with Gasteiger partial charge in [0.05, 0.1) is 18.5 Å². The van der Waals surface area contributed by atoms with Crippen molar-refractivity contribution in [1.82, 2.24) is 5.32 Å². The Morgan fingerprint density at radius 3 is 2.19 bits per heavy atom. The summed E-state index contributed by atoms with van der Waals surface area (Å²) in [6.45, 7) is 0.459. The molecule has 8 heteroatoms. The summed E-state index contributed by atoms with van der Waals surface area (Å²) in [6, 6.07) is 23.2. The predicted molar refractivity (Wildman–Crippen MR) is 123 cm³/mol. The maximum absolute atomic E-state index is 12.3. The van der Waals surface area contributed by atoms with Crippen LogP contribution in [0.2, 0.25) is 5.02 Å². The molecule has 0 unspecified atom stereocenters. The van der Waals surface area contributed by atoms with Crippen LogP contribution in [0.1, 0.15) is 11.1 Å². The number of nitrogens with one attached hydrogen (secondary N) is 1. The molecule has 0 aliphatic carbocycles. The second-order valence-electron chi connectivity index (χ2n) is 6.94. The summed E-state index contributed by atoms with van der Waals surface area (Å²) in [7, 11) is -3.47. The Labute approximate surface area is 187 Å². The van der Waals surface area contributed by atoms with Crippen LogP contribution in [0.25, 0.3) is 0 Å². The van der Waals surface area contributed by atoms with E-state index in [-0.39, 0.29) is 19.1 Å². The van der Waals surface area contributed by atoms with E-state index in [1.54, 1.807) is 36.4 Å². The number of ether oxygens (including phenoxy) is 1. The Hall–Kier alpha value is -3.03. The van der Waals surface area contributed by atoms with Gasteiger partial charge in [-0.2, -0.15) is 0 Å². The molecule has 162 valence electrons. The minimum absolute atomic E-state index is 0.146. The van der Waals surface area contributed by atoms with Crippen molar-refractivity contribution in [2.24, 2.45) is 0 Å². The van der Waals surface area contributed by atoms with Gasteiger partial charge < -0.3 is 10.1 Å². The molecule has 0 atom stereocenters. The van der Waals surface area contributed by atoms with Gasteiger partial charge in [0.1, 0.15) is 5.75 Å². The third-order valence-corrected chi connectivity index (χ3v) is 5.86. The number of hydrogen-bond acceptors (Lipinski definition) is 4. The Kier molecular flexibility index (Phi) is 7.55. The molecule has 0 aliphatic rings. The Bertz CT molecular complexity index is 1100. The zero-order valence-corrected chi connectivity index (χ0v) is 18.6. The maximum Gasteiger partial charge on any atom is 0.258 e. The van der Waals surface area contributed by atoms with E-state index in [4.69, 9.17) is 16.3 Å². The number of sulfonamides is 1. The molecular formula is C23H23ClN2O4S. The van der Waals surface area contributed by atoms with Gasteiger partial charge >= 0.3 is 0 Å². The van der Waals surface area contributed by atoms with Crippen molar-refractivity contribution >= 4 is 33.2 Å². The van der Waals surface area contributed by atoms with Crippen LogP contribution in [-0.2, 0) is 27.9 Å². The summed E-state index contributed by atoms with van der Waals surface area (Å²) >= 11 is 5.84. The zero-order chi connectivity index (χ0) is 22.3. The van der Waals surface area contributed by atoms with Crippen LogP contribution in [0, 0.1) is 0 Å². The number of amides is 1. The van der Waals surface area contributed by atoms with Crippen molar-refractivity contribution in [2.45, 2.75) is 13.1 Å². The smallest absolute Gasteiger partial charge is 0.258 e. The molecule has 0 fully saturated rings. The van der Waals surface area contributed by atoms with Gasteiger partial charge in [0.25, 0.3) is 5.91 Å². The highest BCUT2D eigenvalue weighted by molar-refractivity contribution is 7.92. The monoisotopic (exact) mass is 458 g/mol. The first-order valence-corrected chi connectivity index (χ1v) is 11.8. The zero-order valence-electron chi connectivity index (χ0n) is 17.0. The summed E-state index contributed by atoms with van der Waals surface area (Å²) in [4.78, 5) is 12.0. The molecular weight excluding hydrogens is 436 g/mol. The molecule has 3 aromatic carbocycles. The van der Waals surface area contributed by atoms with E-state index in [1.165, 1.54) is 10.6 Å². The number of halogens is 1. The van der Waals surface area contributed by atoms with E-state index in [1.807, 2.05) is 42.5 Å². The third kappa shape index (κ3) is 7.01. The second-order valence-corrected chi connectivity index (χ2v) is 9.28. The van der Waals surface area contributed by atoms with Gasteiger partial charge in [0.2, 0.25) is 10.0 Å². The quantitative estimate of drug-likeness (QED) is 0.525. The molecule has 0 saturated heterocycles. The van der Waals surface area contributed by atoms with Gasteiger partial charge in [0.15, 0.2) is 6.61 Å². The second kappa shape index (κ2) is 10.3. The van der Waals surface area contributed by atoms with E-state index in [0.717, 1.165) is 11.1 Å². The Balaban J connectivity index is 1.56. The van der Waals surface area contributed by atoms with E-state index in [0.29, 0.717) is 23.0 Å². The fraction of sp³-hybridized carbons (Fsp3) is 0.174. The first-order chi connectivity index (χ1) is 14.8. The van der Waals surface area contributed by atoms with E-state index >= 15 is 0 Å². The number of carbonyl (C=O) groups is 1. The molecule has 31 heavy (non-hydrogen) atoms. The van der Waals surface area contributed by atoms with Crippen LogP contribution in [0.15, 0.2) is 78.9 Å². The summed E-state index contributed by atoms with van der Waals surface area (Å²) < 4.78 is 31.4. The number of carbonyl (C=O) groups excluding carboxylic acids is 1. The first-order valence-electron chi connectivity index (χ1n) is 9.57. The normalized spacial score (nSPS) is 11.0. The van der Waals surface area contributed by atoms with Crippen molar-refractivity contribution in [1.29, 1.82) is 0 Å². The average Bonchev–Trinajstić information content (AvgIpc) is 2.76. The summed E-state index contributed by atoms with van der Waals surface area (Å²) in [6.07, 6.45) is 1.17. The molecule has 0 heterocycles. The van der Waals surface area contributed by atoms with Crippen molar-refractivity contribution < 1.29 is 17.9 Å². The molecule has 3 aromatic rings. The molecule has 0 aromatic heterocycles. The lowest BCUT2D eigenvalue weighted by molar-refractivity contribution is -0.123. The largest absolute Gasteiger partial charge is 0.484 e. The lowest BCUT2D eigenvalue weighted by atomic mass is 10.2. The molecule has 1 N–H and O–H groups in total. The number of hydrogen-bond donors (Lipinski definition) is 1. The van der Waals surface area contributed by atoms with Gasteiger partial charge in [-0.25, -0.2) is 8.42 Å². The van der Waals surface area contributed by atoms with Crippen LogP contribution in [0.4, 0.5) is 5.69 Å². The number of nitrogens with zero attached hydrogens (tertiary/aromatic N) is 1. The molecule has 1 amide bonds. The van der Waals surface area contributed by atoms with E-state index in [2.05, 4.69) is 5.32 Å². The van der Waals surface area contributed by atoms with Crippen molar-refractivity contribution in [3.05, 3.63) is 95.0 Å². The minimum Gasteiger partial charge on any atom is -0.484 e. The van der Waals surface area contributed by atoms with Crippen LogP contribution in [-0.4, -0.2) is 27.2 Å². The van der Waals surface area contributed by atoms with Crippen molar-refractivity contribution in [3.8, 4) is 5.75 Å². The van der Waals surface area contributed by atoms with Crippen LogP contribution < -0.4 is 14.4 Å². The van der Waals surface area contributed by atoms with Gasteiger partial charge in [-0.05, 0) is 47.5 Å². The van der Waals surface area contributed by atoms with Gasteiger partial charge in [0, 0.05) is 11.6 Å². The van der Waals surface area contributed by atoms with Gasteiger partial charge in [-0.15, -0.1) is 0 Å². The topological polar surface area (TPSA) is 75.7 Å². The van der Waals surface area contributed by atoms with E-state index < -0.39 is 10.0 Å². The highest BCUT2D eigenvalue weighted by atomic mass is 35.5. The fourth-order valence-corrected chi connectivity index (χ4v) is 3.87. The molecule has 0 saturated carbocycles. The van der Waals surface area contributed by atoms with Crippen LogP contribution in [0.3, 0.4) is 0 Å². The maximum atomic E-state index is 12.3. The molecule has 0 spiro atoms. The van der Waals surface area contributed by atoms with Crippen LogP contribution >= 0.6 is 11.6 Å². The first kappa shape index (κ1) is 22.7. The highest BCUT2D eigenvalue weighted by Gasteiger charge is 2.18. The van der Waals surface area contributed by atoms with Gasteiger partial charge in [-0.3, -0.25) is 9.10 Å². The SMILES string of the molecule is CS(=O)(=O)N(Cc1ccccc1)c1ccc(OCC(=O)NCc2ccc(Cl)cc2)cc1. The standard InChI is InChI=1S/C23H23ClN2O4S/c1-31(28,29)26(16-19-5-3-2-4-6-19)21-11-13-22(14-12-21)30-17-23(27)25-15-18-7-9-20(24)10-8-18/h2-14H,15-17H2,1H3,(H,25,27). The van der Waals surface area contributed by atoms with Crippen molar-refractivity contribution in [2.75, 3.05) is 17.2 Å². The lowest BCUT2D eigenvalue weighted by Crippen LogP contribution is -2.29. The number of benzene rings is 3. The third-order valence-electron chi connectivity index (χ3n) is 4.47. The van der Waals surface area contributed by atoms with Crippen LogP contribution in [0.5, 0.6) is 5.75 Å². The predicted octanol–water partition coefficient (Wildman–Crippen LogP) is 4.00. The molecule has 0 radical (unpaired) electrons. The van der Waals surface area contributed by atoms with E-state index in [9.17, 15) is 13.2 Å². The Morgan fingerprint density at radius 2 is 1.58 bits per heavy atom.